The van der Waals surface area contributed by atoms with Crippen LogP contribution in [0.4, 0.5) is 10.2 Å². The molecule has 1 aromatic carbocycles. The number of thiophene rings is 1. The Morgan fingerprint density at radius 2 is 2.00 bits per heavy atom. The average molecular weight is 387 g/mol. The number of pyridine rings is 1. The van der Waals surface area contributed by atoms with Crippen LogP contribution in [0.25, 0.3) is 15.9 Å². The summed E-state index contributed by atoms with van der Waals surface area (Å²) < 4.78 is 14.9. The summed E-state index contributed by atoms with van der Waals surface area (Å²) in [5.41, 5.74) is 1.53. The summed E-state index contributed by atoms with van der Waals surface area (Å²) >= 11 is 7.12. The topological polar surface area (TPSA) is 59.8 Å². The van der Waals surface area contributed by atoms with Crippen LogP contribution in [0.1, 0.15) is 15.4 Å². The molecule has 0 aliphatic carbocycles. The first-order chi connectivity index (χ1) is 12.5. The van der Waals surface area contributed by atoms with Crippen LogP contribution in [0.15, 0.2) is 48.7 Å². The molecule has 8 heteroatoms. The molecule has 0 unspecified atom stereocenters. The molecule has 0 fully saturated rings. The molecule has 3 heterocycles. The number of aromatic nitrogens is 3. The van der Waals surface area contributed by atoms with Crippen molar-refractivity contribution in [2.75, 3.05) is 5.32 Å². The second-order valence-electron chi connectivity index (χ2n) is 5.62. The van der Waals surface area contributed by atoms with E-state index in [1.807, 2.05) is 6.92 Å². The van der Waals surface area contributed by atoms with Gasteiger partial charge in [-0.2, -0.15) is 5.10 Å². The van der Waals surface area contributed by atoms with Gasteiger partial charge in [0.05, 0.1) is 21.3 Å². The van der Waals surface area contributed by atoms with Gasteiger partial charge in [-0.15, -0.1) is 11.3 Å². The highest BCUT2D eigenvalue weighted by Crippen LogP contribution is 2.30. The van der Waals surface area contributed by atoms with Gasteiger partial charge in [0, 0.05) is 11.6 Å². The first-order valence-electron chi connectivity index (χ1n) is 7.69. The molecule has 1 amide bonds. The van der Waals surface area contributed by atoms with Gasteiger partial charge in [0.2, 0.25) is 0 Å². The summed E-state index contributed by atoms with van der Waals surface area (Å²) in [6.45, 7) is 1.87. The van der Waals surface area contributed by atoms with E-state index in [1.165, 1.54) is 29.7 Å². The first-order valence-corrected chi connectivity index (χ1v) is 8.89. The van der Waals surface area contributed by atoms with E-state index in [-0.39, 0.29) is 11.7 Å². The molecular formula is C18H12ClFN4OS. The second-order valence-corrected chi connectivity index (χ2v) is 7.09. The van der Waals surface area contributed by atoms with Crippen molar-refractivity contribution in [3.05, 3.63) is 70.1 Å². The lowest BCUT2D eigenvalue weighted by Crippen LogP contribution is -2.11. The van der Waals surface area contributed by atoms with E-state index in [0.29, 0.717) is 15.7 Å². The maximum atomic E-state index is 13.2. The van der Waals surface area contributed by atoms with Crippen LogP contribution in [0, 0.1) is 12.7 Å². The van der Waals surface area contributed by atoms with Crippen molar-refractivity contribution >= 4 is 44.9 Å². The number of hydrogen-bond acceptors (Lipinski definition) is 4. The van der Waals surface area contributed by atoms with Gasteiger partial charge in [0.25, 0.3) is 5.91 Å². The number of amides is 1. The van der Waals surface area contributed by atoms with Crippen molar-refractivity contribution in [2.24, 2.45) is 0 Å². The Morgan fingerprint density at radius 1 is 1.23 bits per heavy atom. The predicted octanol–water partition coefficient (Wildman–Crippen LogP) is 4.84. The van der Waals surface area contributed by atoms with Crippen molar-refractivity contribution < 1.29 is 9.18 Å². The van der Waals surface area contributed by atoms with Gasteiger partial charge in [-0.3, -0.25) is 4.79 Å². The zero-order valence-electron chi connectivity index (χ0n) is 13.5. The van der Waals surface area contributed by atoms with Crippen LogP contribution in [-0.4, -0.2) is 20.7 Å². The predicted molar refractivity (Wildman–Crippen MR) is 101 cm³/mol. The smallest absolute Gasteiger partial charge is 0.266 e. The molecule has 0 saturated carbocycles. The van der Waals surface area contributed by atoms with Crippen LogP contribution in [0.5, 0.6) is 0 Å². The Kier molecular flexibility index (Phi) is 4.18. The zero-order chi connectivity index (χ0) is 18.3. The van der Waals surface area contributed by atoms with Crippen LogP contribution in [0.3, 0.4) is 0 Å². The molecular weight excluding hydrogens is 375 g/mol. The highest BCUT2D eigenvalue weighted by Gasteiger charge is 2.17. The van der Waals surface area contributed by atoms with Crippen LogP contribution in [-0.2, 0) is 0 Å². The van der Waals surface area contributed by atoms with Gasteiger partial charge in [0.1, 0.15) is 16.5 Å². The number of fused-ring (bicyclic) bond motifs is 1. The standard InChI is InChI=1S/C18H12ClFN4OS/c1-10-14-8-15(17(25)22-16-7-2-11(19)9-21-16)26-18(14)24(23-10)13-5-3-12(20)4-6-13/h2-9H,1H3,(H,21,22,25). The number of carbonyl (C=O) groups excluding carboxylic acids is 1. The largest absolute Gasteiger partial charge is 0.306 e. The average Bonchev–Trinajstić information content (AvgIpc) is 3.19. The molecule has 3 aromatic heterocycles. The van der Waals surface area contributed by atoms with Crippen molar-refractivity contribution in [3.8, 4) is 5.69 Å². The highest BCUT2D eigenvalue weighted by molar-refractivity contribution is 7.20. The lowest BCUT2D eigenvalue weighted by molar-refractivity contribution is 0.103. The maximum Gasteiger partial charge on any atom is 0.266 e. The van der Waals surface area contributed by atoms with Crippen LogP contribution in [0.2, 0.25) is 5.02 Å². The van der Waals surface area contributed by atoms with Gasteiger partial charge >= 0.3 is 0 Å². The number of aryl methyl sites for hydroxylation is 1. The number of carbonyl (C=O) groups is 1. The molecule has 26 heavy (non-hydrogen) atoms. The Labute approximate surface area is 157 Å². The molecule has 5 nitrogen and oxygen atoms in total. The van der Waals surface area contributed by atoms with Crippen molar-refractivity contribution in [1.29, 1.82) is 0 Å². The van der Waals surface area contributed by atoms with Crippen molar-refractivity contribution in [1.82, 2.24) is 14.8 Å². The van der Waals surface area contributed by atoms with Crippen molar-refractivity contribution in [2.45, 2.75) is 6.92 Å². The molecule has 0 bridgehead atoms. The number of anilines is 1. The number of rotatable bonds is 3. The fourth-order valence-electron chi connectivity index (χ4n) is 2.54. The summed E-state index contributed by atoms with van der Waals surface area (Å²) in [6.07, 6.45) is 1.47. The minimum atomic E-state index is -0.310. The molecule has 0 radical (unpaired) electrons. The Morgan fingerprint density at radius 3 is 2.69 bits per heavy atom. The van der Waals surface area contributed by atoms with E-state index in [4.69, 9.17) is 11.6 Å². The number of nitrogens with zero attached hydrogens (tertiary/aromatic N) is 3. The van der Waals surface area contributed by atoms with E-state index in [9.17, 15) is 9.18 Å². The SMILES string of the molecule is Cc1nn(-c2ccc(F)cc2)c2sc(C(=O)Nc3ccc(Cl)cn3)cc12. The van der Waals surface area contributed by atoms with Crippen LogP contribution >= 0.6 is 22.9 Å². The summed E-state index contributed by atoms with van der Waals surface area (Å²) in [7, 11) is 0. The van der Waals surface area contributed by atoms with E-state index in [2.05, 4.69) is 15.4 Å². The fraction of sp³-hybridized carbons (Fsp3) is 0.0556. The lowest BCUT2D eigenvalue weighted by Gasteiger charge is -2.03. The van der Waals surface area contributed by atoms with Gasteiger partial charge in [-0.1, -0.05) is 11.6 Å². The second kappa shape index (κ2) is 6.51. The van der Waals surface area contributed by atoms with E-state index < -0.39 is 0 Å². The minimum absolute atomic E-state index is 0.258. The molecule has 0 aliphatic heterocycles. The minimum Gasteiger partial charge on any atom is -0.306 e. The Bertz CT molecular complexity index is 1100. The van der Waals surface area contributed by atoms with E-state index in [0.717, 1.165) is 21.6 Å². The molecule has 0 saturated heterocycles. The third kappa shape index (κ3) is 3.07. The summed E-state index contributed by atoms with van der Waals surface area (Å²) in [5.74, 6) is -0.143. The highest BCUT2D eigenvalue weighted by atomic mass is 35.5. The maximum absolute atomic E-state index is 13.2. The van der Waals surface area contributed by atoms with Crippen molar-refractivity contribution in [3.63, 3.8) is 0 Å². The van der Waals surface area contributed by atoms with Gasteiger partial charge in [-0.25, -0.2) is 14.1 Å². The molecule has 1 N–H and O–H groups in total. The normalized spacial score (nSPS) is 11.0. The first kappa shape index (κ1) is 16.7. The van der Waals surface area contributed by atoms with Gasteiger partial charge in [-0.05, 0) is 49.4 Å². The summed E-state index contributed by atoms with van der Waals surface area (Å²) in [4.78, 5) is 17.9. The Balaban J connectivity index is 1.69. The molecule has 0 spiro atoms. The lowest BCUT2D eigenvalue weighted by atomic mass is 10.3. The third-order valence-electron chi connectivity index (χ3n) is 3.81. The van der Waals surface area contributed by atoms with Crippen LogP contribution < -0.4 is 5.32 Å². The molecule has 4 rings (SSSR count). The quantitative estimate of drug-likeness (QED) is 0.548. The number of halogens is 2. The van der Waals surface area contributed by atoms with Gasteiger partial charge in [0.15, 0.2) is 0 Å². The number of hydrogen-bond donors (Lipinski definition) is 1. The third-order valence-corrected chi connectivity index (χ3v) is 5.14. The molecule has 4 aromatic rings. The summed E-state index contributed by atoms with van der Waals surface area (Å²) in [5, 5.41) is 8.62. The summed E-state index contributed by atoms with van der Waals surface area (Å²) in [6, 6.07) is 11.2. The molecule has 130 valence electrons. The van der Waals surface area contributed by atoms with E-state index in [1.54, 1.807) is 35.0 Å². The molecule has 0 atom stereocenters. The van der Waals surface area contributed by atoms with E-state index >= 15 is 0 Å². The number of benzene rings is 1. The zero-order valence-corrected chi connectivity index (χ0v) is 15.1. The molecule has 0 aliphatic rings. The fourth-order valence-corrected chi connectivity index (χ4v) is 3.73. The monoisotopic (exact) mass is 386 g/mol. The van der Waals surface area contributed by atoms with Gasteiger partial charge < -0.3 is 5.32 Å². The number of nitrogens with one attached hydrogen (secondary N) is 1. The Hall–Kier alpha value is -2.77.